The minimum absolute atomic E-state index is 0.894. The number of allylic oxidation sites excluding steroid dienone is 1. The van der Waals surface area contributed by atoms with Crippen LogP contribution < -0.4 is 0 Å². The highest BCUT2D eigenvalue weighted by Crippen LogP contribution is 2.30. The molecule has 0 spiro atoms. The minimum Gasteiger partial charge on any atom is -0.411 e. The molecule has 0 bridgehead atoms. The number of fused-ring (bicyclic) bond motifs is 1. The molecule has 0 unspecified atom stereocenters. The Morgan fingerprint density at radius 1 is 1.05 bits per heavy atom. The predicted octanol–water partition coefficient (Wildman–Crippen LogP) is 4.43. The van der Waals surface area contributed by atoms with E-state index in [0.717, 1.165) is 33.3 Å². The van der Waals surface area contributed by atoms with Crippen LogP contribution in [0.25, 0.3) is 16.5 Å². The first-order chi connectivity index (χ1) is 10.3. The molecule has 2 N–H and O–H groups in total. The number of hydrogen-bond acceptors (Lipinski definition) is 2. The summed E-state index contributed by atoms with van der Waals surface area (Å²) in [6.07, 6.45) is 3.55. The summed E-state index contributed by atoms with van der Waals surface area (Å²) >= 11 is 0. The number of nitrogens with zero attached hydrogens (tertiary/aromatic N) is 1. The van der Waals surface area contributed by atoms with Crippen molar-refractivity contribution in [1.29, 1.82) is 0 Å². The number of aromatic amines is 1. The second-order valence-corrected chi connectivity index (χ2v) is 4.77. The highest BCUT2D eigenvalue weighted by atomic mass is 16.4. The largest absolute Gasteiger partial charge is 0.411 e. The molecule has 1 heterocycles. The molecule has 21 heavy (non-hydrogen) atoms. The van der Waals surface area contributed by atoms with Crippen LogP contribution in [0.4, 0.5) is 0 Å². The predicted molar refractivity (Wildman–Crippen MR) is 86.9 cm³/mol. The monoisotopic (exact) mass is 276 g/mol. The number of aromatic nitrogens is 1. The van der Waals surface area contributed by atoms with E-state index in [1.54, 1.807) is 0 Å². The van der Waals surface area contributed by atoms with Crippen LogP contribution in [0.5, 0.6) is 0 Å². The van der Waals surface area contributed by atoms with Crippen molar-refractivity contribution in [2.75, 3.05) is 0 Å². The van der Waals surface area contributed by atoms with E-state index in [1.807, 2.05) is 49.4 Å². The van der Waals surface area contributed by atoms with E-state index >= 15 is 0 Å². The molecule has 0 amide bonds. The summed E-state index contributed by atoms with van der Waals surface area (Å²) < 4.78 is 0. The van der Waals surface area contributed by atoms with Crippen LogP contribution in [0.1, 0.15) is 23.7 Å². The SMILES string of the molecule is C/C=C(\c1ccccc1)c1[nH]c2ccccc2c1/C=N/O. The Kier molecular flexibility index (Phi) is 3.56. The molecule has 3 rings (SSSR count). The van der Waals surface area contributed by atoms with Crippen molar-refractivity contribution in [2.45, 2.75) is 6.92 Å². The van der Waals surface area contributed by atoms with Crippen LogP contribution in [0.3, 0.4) is 0 Å². The summed E-state index contributed by atoms with van der Waals surface area (Å²) in [5.41, 5.74) is 5.09. The van der Waals surface area contributed by atoms with Crippen molar-refractivity contribution in [3.8, 4) is 0 Å². The Hall–Kier alpha value is -2.81. The molecule has 0 saturated carbocycles. The summed E-state index contributed by atoms with van der Waals surface area (Å²) in [4.78, 5) is 3.43. The fraction of sp³-hybridized carbons (Fsp3) is 0.0556. The van der Waals surface area contributed by atoms with Gasteiger partial charge in [-0.2, -0.15) is 0 Å². The summed E-state index contributed by atoms with van der Waals surface area (Å²) in [6.45, 7) is 2.01. The van der Waals surface area contributed by atoms with Gasteiger partial charge < -0.3 is 10.2 Å². The summed E-state index contributed by atoms with van der Waals surface area (Å²) in [7, 11) is 0. The third kappa shape index (κ3) is 2.34. The topological polar surface area (TPSA) is 48.4 Å². The Labute approximate surface area is 123 Å². The van der Waals surface area contributed by atoms with Crippen molar-refractivity contribution in [2.24, 2.45) is 5.16 Å². The van der Waals surface area contributed by atoms with Gasteiger partial charge in [-0.1, -0.05) is 59.8 Å². The van der Waals surface area contributed by atoms with Crippen molar-refractivity contribution in [3.63, 3.8) is 0 Å². The molecule has 0 fully saturated rings. The van der Waals surface area contributed by atoms with Gasteiger partial charge in [0.05, 0.1) is 11.9 Å². The molecule has 0 radical (unpaired) electrons. The summed E-state index contributed by atoms with van der Waals surface area (Å²) in [6, 6.07) is 18.2. The van der Waals surface area contributed by atoms with Crippen molar-refractivity contribution >= 4 is 22.7 Å². The molecule has 0 atom stereocenters. The van der Waals surface area contributed by atoms with Gasteiger partial charge in [-0.3, -0.25) is 0 Å². The van der Waals surface area contributed by atoms with E-state index in [2.05, 4.69) is 28.3 Å². The van der Waals surface area contributed by atoms with Crippen LogP contribution in [-0.2, 0) is 0 Å². The van der Waals surface area contributed by atoms with E-state index < -0.39 is 0 Å². The van der Waals surface area contributed by atoms with Crippen molar-refractivity contribution in [1.82, 2.24) is 4.98 Å². The number of oxime groups is 1. The van der Waals surface area contributed by atoms with Crippen LogP contribution in [0, 0.1) is 0 Å². The van der Waals surface area contributed by atoms with E-state index in [4.69, 9.17) is 5.21 Å². The van der Waals surface area contributed by atoms with Crippen molar-refractivity contribution < 1.29 is 5.21 Å². The van der Waals surface area contributed by atoms with Gasteiger partial charge in [0, 0.05) is 22.0 Å². The van der Waals surface area contributed by atoms with Gasteiger partial charge in [0.15, 0.2) is 0 Å². The second kappa shape index (κ2) is 5.67. The van der Waals surface area contributed by atoms with Crippen LogP contribution >= 0.6 is 0 Å². The zero-order valence-electron chi connectivity index (χ0n) is 11.7. The maximum absolute atomic E-state index is 8.98. The average molecular weight is 276 g/mol. The fourth-order valence-corrected chi connectivity index (χ4v) is 2.64. The summed E-state index contributed by atoms with van der Waals surface area (Å²) in [5, 5.41) is 13.3. The van der Waals surface area contributed by atoms with E-state index in [9.17, 15) is 0 Å². The lowest BCUT2D eigenvalue weighted by Gasteiger charge is -2.07. The maximum Gasteiger partial charge on any atom is 0.0761 e. The Bertz CT molecular complexity index is 814. The lowest BCUT2D eigenvalue weighted by atomic mass is 9.99. The third-order valence-corrected chi connectivity index (χ3v) is 3.58. The minimum atomic E-state index is 0.894. The van der Waals surface area contributed by atoms with Crippen molar-refractivity contribution in [3.05, 3.63) is 77.5 Å². The first-order valence-electron chi connectivity index (χ1n) is 6.85. The standard InChI is InChI=1S/C18H16N2O/c1-2-14(13-8-4-3-5-9-13)18-16(12-19-21)15-10-6-7-11-17(15)20-18/h2-12,20-21H,1H3/b14-2+,19-12+. The molecular weight excluding hydrogens is 260 g/mol. The van der Waals surface area contributed by atoms with E-state index in [1.165, 1.54) is 6.21 Å². The van der Waals surface area contributed by atoms with Gasteiger partial charge in [0.25, 0.3) is 0 Å². The quantitative estimate of drug-likeness (QED) is 0.415. The molecule has 3 aromatic rings. The smallest absolute Gasteiger partial charge is 0.0761 e. The van der Waals surface area contributed by atoms with E-state index in [-0.39, 0.29) is 0 Å². The fourth-order valence-electron chi connectivity index (χ4n) is 2.64. The molecule has 0 saturated heterocycles. The molecule has 104 valence electrons. The number of hydrogen-bond donors (Lipinski definition) is 2. The molecule has 3 heteroatoms. The maximum atomic E-state index is 8.98. The summed E-state index contributed by atoms with van der Waals surface area (Å²) in [5.74, 6) is 0. The van der Waals surface area contributed by atoms with E-state index in [0.29, 0.717) is 0 Å². The lowest BCUT2D eigenvalue weighted by Crippen LogP contribution is -1.93. The second-order valence-electron chi connectivity index (χ2n) is 4.77. The molecule has 0 aliphatic heterocycles. The first-order valence-corrected chi connectivity index (χ1v) is 6.85. The molecule has 0 aliphatic carbocycles. The molecule has 3 nitrogen and oxygen atoms in total. The number of rotatable bonds is 3. The number of H-pyrrole nitrogens is 1. The van der Waals surface area contributed by atoms with Crippen LogP contribution in [0.2, 0.25) is 0 Å². The Morgan fingerprint density at radius 3 is 2.48 bits per heavy atom. The van der Waals surface area contributed by atoms with Gasteiger partial charge in [-0.05, 0) is 18.6 Å². The van der Waals surface area contributed by atoms with Gasteiger partial charge in [-0.15, -0.1) is 0 Å². The normalized spacial score (nSPS) is 12.3. The van der Waals surface area contributed by atoms with Crippen LogP contribution in [-0.4, -0.2) is 16.4 Å². The Morgan fingerprint density at radius 2 is 1.76 bits per heavy atom. The zero-order valence-corrected chi connectivity index (χ0v) is 11.7. The number of benzene rings is 2. The molecular formula is C18H16N2O. The number of nitrogens with one attached hydrogen (secondary N) is 1. The Balaban J connectivity index is 2.26. The van der Waals surface area contributed by atoms with Crippen LogP contribution in [0.15, 0.2) is 65.8 Å². The molecule has 0 aliphatic rings. The first kappa shape index (κ1) is 13.2. The average Bonchev–Trinajstić information content (AvgIpc) is 2.89. The molecule has 1 aromatic heterocycles. The van der Waals surface area contributed by atoms with Gasteiger partial charge in [0.2, 0.25) is 0 Å². The van der Waals surface area contributed by atoms with Gasteiger partial charge in [-0.25, -0.2) is 0 Å². The van der Waals surface area contributed by atoms with Gasteiger partial charge >= 0.3 is 0 Å². The molecule has 2 aromatic carbocycles. The number of para-hydroxylation sites is 1. The highest BCUT2D eigenvalue weighted by Gasteiger charge is 2.14. The zero-order chi connectivity index (χ0) is 14.7. The van der Waals surface area contributed by atoms with Gasteiger partial charge in [0.1, 0.15) is 0 Å². The highest BCUT2D eigenvalue weighted by molar-refractivity contribution is 6.05. The lowest BCUT2D eigenvalue weighted by molar-refractivity contribution is 0.322. The third-order valence-electron chi connectivity index (χ3n) is 3.58.